The first-order chi connectivity index (χ1) is 7.62. The Bertz CT molecular complexity index is 398. The average Bonchev–Trinajstić information content (AvgIpc) is 2.86. The van der Waals surface area contributed by atoms with Crippen LogP contribution in [0.5, 0.6) is 0 Å². The summed E-state index contributed by atoms with van der Waals surface area (Å²) in [6.07, 6.45) is 5.14. The molecule has 2 saturated carbocycles. The van der Waals surface area contributed by atoms with E-state index in [4.69, 9.17) is 28.9 Å². The molecule has 2 unspecified atom stereocenters. The van der Waals surface area contributed by atoms with Crippen LogP contribution in [0.25, 0.3) is 0 Å². The lowest BCUT2D eigenvalue weighted by molar-refractivity contribution is 0.480. The van der Waals surface area contributed by atoms with Gasteiger partial charge in [-0.15, -0.1) is 0 Å². The van der Waals surface area contributed by atoms with E-state index in [1.807, 2.05) is 12.1 Å². The van der Waals surface area contributed by atoms with Crippen molar-refractivity contribution in [2.75, 3.05) is 0 Å². The molecular formula is C13H15Cl2N. The van der Waals surface area contributed by atoms with Crippen molar-refractivity contribution in [1.82, 2.24) is 0 Å². The molecule has 1 aromatic rings. The summed E-state index contributed by atoms with van der Waals surface area (Å²) in [6, 6.07) is 5.72. The molecule has 0 aromatic heterocycles. The number of rotatable bonds is 1. The summed E-state index contributed by atoms with van der Waals surface area (Å²) in [5.74, 6) is 1.30. The Kier molecular flexibility index (Phi) is 2.47. The van der Waals surface area contributed by atoms with Crippen LogP contribution < -0.4 is 5.73 Å². The first-order valence-corrected chi connectivity index (χ1v) is 6.63. The normalized spacial score (nSPS) is 36.9. The Morgan fingerprint density at radius 3 is 2.00 bits per heavy atom. The molecule has 0 aliphatic heterocycles. The highest BCUT2D eigenvalue weighted by molar-refractivity contribution is 6.34. The fourth-order valence-electron chi connectivity index (χ4n) is 3.40. The summed E-state index contributed by atoms with van der Waals surface area (Å²) in [5, 5.41) is 1.38. The van der Waals surface area contributed by atoms with E-state index < -0.39 is 0 Å². The quantitative estimate of drug-likeness (QED) is 0.808. The van der Waals surface area contributed by atoms with Gasteiger partial charge in [0, 0.05) is 15.6 Å². The van der Waals surface area contributed by atoms with Crippen molar-refractivity contribution >= 4 is 23.2 Å². The average molecular weight is 256 g/mol. The molecule has 2 fully saturated rings. The zero-order chi connectivity index (χ0) is 11.3. The van der Waals surface area contributed by atoms with E-state index in [0.717, 1.165) is 5.56 Å². The summed E-state index contributed by atoms with van der Waals surface area (Å²) in [5.41, 5.74) is 7.52. The van der Waals surface area contributed by atoms with Gasteiger partial charge < -0.3 is 5.73 Å². The van der Waals surface area contributed by atoms with E-state index in [1.165, 1.54) is 25.7 Å². The maximum absolute atomic E-state index is 6.54. The number of halogens is 2. The minimum Gasteiger partial charge on any atom is -0.321 e. The zero-order valence-electron chi connectivity index (χ0n) is 9.05. The summed E-state index contributed by atoms with van der Waals surface area (Å²) < 4.78 is 0. The lowest BCUT2D eigenvalue weighted by Gasteiger charge is -2.13. The molecule has 2 N–H and O–H groups in total. The lowest BCUT2D eigenvalue weighted by atomic mass is 10.0. The van der Waals surface area contributed by atoms with Crippen molar-refractivity contribution in [3.63, 3.8) is 0 Å². The summed E-state index contributed by atoms with van der Waals surface area (Å²) in [4.78, 5) is 0. The second-order valence-corrected chi connectivity index (χ2v) is 5.96. The molecule has 0 spiro atoms. The highest BCUT2D eigenvalue weighted by Gasteiger charge is 2.62. The Morgan fingerprint density at radius 2 is 1.50 bits per heavy atom. The Balaban J connectivity index is 1.98. The van der Waals surface area contributed by atoms with Gasteiger partial charge in [0.05, 0.1) is 0 Å². The van der Waals surface area contributed by atoms with E-state index in [9.17, 15) is 0 Å². The van der Waals surface area contributed by atoms with Gasteiger partial charge in [-0.1, -0.05) is 36.0 Å². The molecule has 0 bridgehead atoms. The van der Waals surface area contributed by atoms with Gasteiger partial charge in [0.25, 0.3) is 0 Å². The van der Waals surface area contributed by atoms with Crippen LogP contribution in [-0.2, 0) is 5.54 Å². The fraction of sp³-hybridized carbons (Fsp3) is 0.538. The SMILES string of the molecule is NC1(c2cc(Cl)cc(Cl)c2)C2CCCCC21. The molecule has 16 heavy (non-hydrogen) atoms. The molecule has 0 saturated heterocycles. The van der Waals surface area contributed by atoms with Gasteiger partial charge in [-0.2, -0.15) is 0 Å². The predicted molar refractivity (Wildman–Crippen MR) is 67.8 cm³/mol. The molecule has 1 nitrogen and oxygen atoms in total. The standard InChI is InChI=1S/C13H15Cl2N/c14-9-5-8(6-10(15)7-9)13(16)11-3-1-2-4-12(11)13/h5-7,11-12H,1-4,16H2. The molecule has 2 aliphatic carbocycles. The van der Waals surface area contributed by atoms with E-state index in [1.54, 1.807) is 6.07 Å². The van der Waals surface area contributed by atoms with Crippen LogP contribution in [0.1, 0.15) is 31.2 Å². The highest BCUT2D eigenvalue weighted by Crippen LogP contribution is 2.62. The van der Waals surface area contributed by atoms with Crippen molar-refractivity contribution < 1.29 is 0 Å². The Hall–Kier alpha value is -0.240. The zero-order valence-corrected chi connectivity index (χ0v) is 10.6. The van der Waals surface area contributed by atoms with Crippen molar-refractivity contribution in [1.29, 1.82) is 0 Å². The molecular weight excluding hydrogens is 241 g/mol. The fourth-order valence-corrected chi connectivity index (χ4v) is 3.93. The van der Waals surface area contributed by atoms with Gasteiger partial charge in [0.1, 0.15) is 0 Å². The second kappa shape index (κ2) is 3.63. The minimum absolute atomic E-state index is 0.148. The Labute approximate surface area is 106 Å². The van der Waals surface area contributed by atoms with Gasteiger partial charge in [-0.05, 0) is 48.4 Å². The minimum atomic E-state index is -0.148. The third-order valence-electron chi connectivity index (χ3n) is 4.25. The topological polar surface area (TPSA) is 26.0 Å². The van der Waals surface area contributed by atoms with Crippen LogP contribution in [0.2, 0.25) is 10.0 Å². The van der Waals surface area contributed by atoms with Crippen molar-refractivity contribution in [2.24, 2.45) is 17.6 Å². The molecule has 86 valence electrons. The summed E-state index contributed by atoms with van der Waals surface area (Å²) >= 11 is 12.1. The molecule has 3 heteroatoms. The molecule has 0 amide bonds. The summed E-state index contributed by atoms with van der Waals surface area (Å²) in [6.45, 7) is 0. The maximum atomic E-state index is 6.54. The number of hydrogen-bond donors (Lipinski definition) is 1. The van der Waals surface area contributed by atoms with E-state index >= 15 is 0 Å². The van der Waals surface area contributed by atoms with Crippen molar-refractivity contribution in [3.8, 4) is 0 Å². The van der Waals surface area contributed by atoms with E-state index in [0.29, 0.717) is 21.9 Å². The van der Waals surface area contributed by atoms with Gasteiger partial charge in [0.15, 0.2) is 0 Å². The predicted octanol–water partition coefficient (Wildman–Crippen LogP) is 3.97. The number of hydrogen-bond acceptors (Lipinski definition) is 1. The van der Waals surface area contributed by atoms with Crippen molar-refractivity contribution in [2.45, 2.75) is 31.2 Å². The molecule has 3 rings (SSSR count). The maximum Gasteiger partial charge on any atom is 0.0474 e. The lowest BCUT2D eigenvalue weighted by Crippen LogP contribution is -2.23. The van der Waals surface area contributed by atoms with Crippen LogP contribution in [0.15, 0.2) is 18.2 Å². The molecule has 2 aliphatic rings. The summed E-state index contributed by atoms with van der Waals surface area (Å²) in [7, 11) is 0. The number of benzene rings is 1. The smallest absolute Gasteiger partial charge is 0.0474 e. The molecule has 0 heterocycles. The molecule has 0 radical (unpaired) electrons. The van der Waals surface area contributed by atoms with Crippen LogP contribution in [0.3, 0.4) is 0 Å². The number of nitrogens with two attached hydrogens (primary N) is 1. The number of fused-ring (bicyclic) bond motifs is 1. The van der Waals surface area contributed by atoms with Gasteiger partial charge >= 0.3 is 0 Å². The third kappa shape index (κ3) is 1.49. The van der Waals surface area contributed by atoms with Gasteiger partial charge in [0.2, 0.25) is 0 Å². The third-order valence-corrected chi connectivity index (χ3v) is 4.68. The molecule has 1 aromatic carbocycles. The second-order valence-electron chi connectivity index (χ2n) is 5.09. The van der Waals surface area contributed by atoms with Gasteiger partial charge in [-0.3, -0.25) is 0 Å². The van der Waals surface area contributed by atoms with Crippen LogP contribution >= 0.6 is 23.2 Å². The highest BCUT2D eigenvalue weighted by atomic mass is 35.5. The van der Waals surface area contributed by atoms with Gasteiger partial charge in [-0.25, -0.2) is 0 Å². The first kappa shape index (κ1) is 10.9. The molecule has 2 atom stereocenters. The van der Waals surface area contributed by atoms with Crippen LogP contribution in [0.4, 0.5) is 0 Å². The largest absolute Gasteiger partial charge is 0.321 e. The van der Waals surface area contributed by atoms with E-state index in [-0.39, 0.29) is 5.54 Å². The van der Waals surface area contributed by atoms with E-state index in [2.05, 4.69) is 0 Å². The first-order valence-electron chi connectivity index (χ1n) is 5.88. The van der Waals surface area contributed by atoms with Crippen LogP contribution in [-0.4, -0.2) is 0 Å². The monoisotopic (exact) mass is 255 g/mol. The van der Waals surface area contributed by atoms with Crippen molar-refractivity contribution in [3.05, 3.63) is 33.8 Å². The van der Waals surface area contributed by atoms with Crippen LogP contribution in [0, 0.1) is 11.8 Å². The Morgan fingerprint density at radius 1 is 1.00 bits per heavy atom.